The van der Waals surface area contributed by atoms with Gasteiger partial charge in [-0.3, -0.25) is 0 Å². The number of hydrogen-bond acceptors (Lipinski definition) is 4. The first-order valence-electron chi connectivity index (χ1n) is 15.6. The van der Waals surface area contributed by atoms with Gasteiger partial charge < -0.3 is 14.0 Å². The quantitative estimate of drug-likeness (QED) is 0.160. The van der Waals surface area contributed by atoms with Gasteiger partial charge in [-0.2, -0.15) is 5.10 Å². The van der Waals surface area contributed by atoms with E-state index in [4.69, 9.17) is 14.6 Å². The lowest BCUT2D eigenvalue weighted by Gasteiger charge is -2.20. The normalized spacial score (nSPS) is 13.3. The molecule has 0 atom stereocenters. The fraction of sp³-hybridized carbons (Fsp3) is 0.125. The molecule has 46 heavy (non-hydrogen) atoms. The van der Waals surface area contributed by atoms with E-state index in [0.717, 1.165) is 67.4 Å². The Morgan fingerprint density at radius 1 is 0.652 bits per heavy atom. The Kier molecular flexibility index (Phi) is 7.00. The Hall–Kier alpha value is -5.12. The molecule has 6 heteroatoms. The summed E-state index contributed by atoms with van der Waals surface area (Å²) < 4.78 is 28.6. The van der Waals surface area contributed by atoms with Crippen LogP contribution in [0.5, 0.6) is 11.5 Å². The first kappa shape index (κ1) is 28.4. The summed E-state index contributed by atoms with van der Waals surface area (Å²) in [5.74, 6) is 1.85. The van der Waals surface area contributed by atoms with E-state index in [1.165, 1.54) is 5.69 Å². The smallest absolute Gasteiger partial charge is 0.171 e. The highest BCUT2D eigenvalue weighted by Gasteiger charge is 2.32. The minimum Gasteiger partial charge on any atom is -0.493 e. The Morgan fingerprint density at radius 2 is 1.20 bits per heavy atom. The van der Waals surface area contributed by atoms with Crippen LogP contribution in [0.2, 0.25) is 0 Å². The second kappa shape index (κ2) is 11.3. The van der Waals surface area contributed by atoms with Gasteiger partial charge in [-0.25, -0.2) is 4.52 Å². The van der Waals surface area contributed by atoms with Crippen LogP contribution in [0.25, 0.3) is 38.7 Å². The van der Waals surface area contributed by atoms with E-state index in [0.29, 0.717) is 17.4 Å². The second-order valence-electron chi connectivity index (χ2n) is 11.8. The topological polar surface area (TPSA) is 52.8 Å². The molecule has 2 aromatic heterocycles. The van der Waals surface area contributed by atoms with Crippen molar-refractivity contribution in [3.8, 4) is 33.9 Å². The van der Waals surface area contributed by atoms with Crippen LogP contribution in [0, 0.1) is 0 Å². The number of fused-ring (bicyclic) bond motifs is 3. The Morgan fingerprint density at radius 3 is 1.76 bits per heavy atom. The van der Waals surface area contributed by atoms with Crippen molar-refractivity contribution >= 4 is 39.3 Å². The maximum Gasteiger partial charge on any atom is 0.171 e. The number of aromatic nitrogens is 2. The van der Waals surface area contributed by atoms with Gasteiger partial charge in [0.15, 0.2) is 18.6 Å². The van der Waals surface area contributed by atoms with Crippen LogP contribution < -0.4 is 25.4 Å². The van der Waals surface area contributed by atoms with Crippen molar-refractivity contribution in [3.63, 3.8) is 0 Å². The van der Waals surface area contributed by atoms with Gasteiger partial charge in [-0.15, -0.1) is 0 Å². The van der Waals surface area contributed by atoms with Crippen molar-refractivity contribution in [3.05, 3.63) is 139 Å². The van der Waals surface area contributed by atoms with Gasteiger partial charge in [-0.05, 0) is 42.0 Å². The van der Waals surface area contributed by atoms with Crippen molar-refractivity contribution < 1.29 is 14.0 Å². The molecule has 0 amide bonds. The van der Waals surface area contributed by atoms with Gasteiger partial charge in [0.25, 0.3) is 0 Å². The monoisotopic (exact) mass is 620 g/mol. The van der Waals surface area contributed by atoms with Crippen molar-refractivity contribution in [2.24, 2.45) is 0 Å². The van der Waals surface area contributed by atoms with Crippen molar-refractivity contribution in [1.29, 1.82) is 0 Å². The van der Waals surface area contributed by atoms with Crippen LogP contribution in [0.1, 0.15) is 24.5 Å². The van der Waals surface area contributed by atoms with Crippen molar-refractivity contribution in [2.75, 3.05) is 14.2 Å². The lowest BCUT2D eigenvalue weighted by Crippen LogP contribution is -2.24. The van der Waals surface area contributed by atoms with E-state index in [2.05, 4.69) is 59.1 Å². The van der Waals surface area contributed by atoms with Crippen LogP contribution in [0.3, 0.4) is 0 Å². The fourth-order valence-electron chi connectivity index (χ4n) is 6.60. The van der Waals surface area contributed by atoms with Gasteiger partial charge in [0.05, 0.1) is 19.7 Å². The molecule has 0 unspecified atom stereocenters. The summed E-state index contributed by atoms with van der Waals surface area (Å²) in [6.07, 6.45) is 2.29. The molecule has 1 saturated carbocycles. The first-order chi connectivity index (χ1) is 22.6. The Bertz CT molecular complexity index is 2200. The van der Waals surface area contributed by atoms with Gasteiger partial charge in [0.1, 0.15) is 5.69 Å². The highest BCUT2D eigenvalue weighted by atomic mass is 31.2. The lowest BCUT2D eigenvalue weighted by atomic mass is 9.97. The van der Waals surface area contributed by atoms with E-state index in [1.54, 1.807) is 14.2 Å². The predicted octanol–water partition coefficient (Wildman–Crippen LogP) is 8.36. The molecular weight excluding hydrogens is 587 g/mol. The Balaban J connectivity index is 1.38. The van der Waals surface area contributed by atoms with Crippen LogP contribution in [-0.4, -0.2) is 23.8 Å². The number of ether oxygens (including phenoxy) is 2. The number of hydrogen-bond donors (Lipinski definition) is 0. The zero-order valence-corrected chi connectivity index (χ0v) is 26.7. The first-order valence-corrected chi connectivity index (χ1v) is 17.3. The predicted molar refractivity (Wildman–Crippen MR) is 188 cm³/mol. The fourth-order valence-corrected chi connectivity index (χ4v) is 9.24. The Labute approximate surface area is 268 Å². The third-order valence-electron chi connectivity index (χ3n) is 9.05. The number of nitrogens with zero attached hydrogens (tertiary/aromatic N) is 2. The minimum atomic E-state index is -3.10. The van der Waals surface area contributed by atoms with Crippen molar-refractivity contribution in [1.82, 2.24) is 9.61 Å². The molecular formula is C40H33N2O3P. The van der Waals surface area contributed by atoms with Crippen LogP contribution >= 0.6 is 7.14 Å². The van der Waals surface area contributed by atoms with Gasteiger partial charge in [0.2, 0.25) is 0 Å². The van der Waals surface area contributed by atoms with Gasteiger partial charge in [0, 0.05) is 44.0 Å². The summed E-state index contributed by atoms with van der Waals surface area (Å²) >= 11 is 0. The number of rotatable bonds is 8. The summed E-state index contributed by atoms with van der Waals surface area (Å²) in [5, 5.41) is 9.92. The van der Waals surface area contributed by atoms with E-state index in [1.807, 2.05) is 78.9 Å². The van der Waals surface area contributed by atoms with E-state index < -0.39 is 7.14 Å². The van der Waals surface area contributed by atoms with Crippen LogP contribution in [-0.2, 0) is 4.57 Å². The summed E-state index contributed by atoms with van der Waals surface area (Å²) in [6.45, 7) is 0. The largest absolute Gasteiger partial charge is 0.493 e. The molecule has 5 nitrogen and oxygen atoms in total. The molecule has 7 aromatic rings. The van der Waals surface area contributed by atoms with Crippen molar-refractivity contribution in [2.45, 2.75) is 18.8 Å². The van der Waals surface area contributed by atoms with Crippen LogP contribution in [0.4, 0.5) is 0 Å². The van der Waals surface area contributed by atoms with E-state index in [-0.39, 0.29) is 0 Å². The molecule has 1 fully saturated rings. The molecule has 5 aromatic carbocycles. The summed E-state index contributed by atoms with van der Waals surface area (Å²) in [5.41, 5.74) is 6.24. The molecule has 8 rings (SSSR count). The summed E-state index contributed by atoms with van der Waals surface area (Å²) in [4.78, 5) is 0. The average Bonchev–Trinajstić information content (AvgIpc) is 3.90. The molecule has 1 aliphatic rings. The third kappa shape index (κ3) is 4.62. The zero-order chi connectivity index (χ0) is 31.3. The molecule has 1 aliphatic carbocycles. The molecule has 226 valence electrons. The molecule has 0 bridgehead atoms. The zero-order valence-electron chi connectivity index (χ0n) is 25.8. The standard InChI is InChI=1S/C40H33N2O3P/c1-44-36-25-30-24-35(27-18-19-27)42-40(34(30)26-37(36)45-2)38(28-12-6-3-7-13-28)39(41-42)29-20-22-33(23-21-29)46(43,31-14-8-4-9-15-31)32-16-10-5-11-17-32/h3-17,20-27H,18-19H2,1-2H3. The van der Waals surface area contributed by atoms with E-state index in [9.17, 15) is 0 Å². The molecule has 0 radical (unpaired) electrons. The maximum atomic E-state index is 15.0. The van der Waals surface area contributed by atoms with Crippen LogP contribution in [0.15, 0.2) is 133 Å². The molecule has 0 aliphatic heterocycles. The average molecular weight is 621 g/mol. The maximum absolute atomic E-state index is 15.0. The summed E-state index contributed by atoms with van der Waals surface area (Å²) in [7, 11) is 0.247. The number of methoxy groups -OCH3 is 2. The van der Waals surface area contributed by atoms with Gasteiger partial charge in [-0.1, -0.05) is 115 Å². The molecule has 2 heterocycles. The molecule has 0 spiro atoms. The molecule has 0 N–H and O–H groups in total. The lowest BCUT2D eigenvalue weighted by molar-refractivity contribution is 0.356. The molecule has 0 saturated heterocycles. The third-order valence-corrected chi connectivity index (χ3v) is 12.1. The SMILES string of the molecule is COc1cc2cc(C3CC3)n3nc(-c4ccc(P(=O)(c5ccccc5)c5ccccc5)cc4)c(-c4ccccc4)c3c2cc1OC. The highest BCUT2D eigenvalue weighted by Crippen LogP contribution is 2.47. The second-order valence-corrected chi connectivity index (χ2v) is 14.6. The van der Waals surface area contributed by atoms with E-state index >= 15 is 4.57 Å². The summed E-state index contributed by atoms with van der Waals surface area (Å²) in [6, 6.07) is 44.6. The number of benzene rings is 5. The minimum absolute atomic E-state index is 0.460. The number of pyridine rings is 1. The highest BCUT2D eigenvalue weighted by molar-refractivity contribution is 7.85. The van der Waals surface area contributed by atoms with Gasteiger partial charge >= 0.3 is 0 Å².